The fraction of sp³-hybridized carbons (Fsp3) is 0.588. The van der Waals surface area contributed by atoms with Crippen LogP contribution in [0.2, 0.25) is 0 Å². The number of carbonyl (C=O) groups is 1. The van der Waals surface area contributed by atoms with Crippen LogP contribution in [-0.4, -0.2) is 57.1 Å². The summed E-state index contributed by atoms with van der Waals surface area (Å²) < 4.78 is 40.1. The van der Waals surface area contributed by atoms with E-state index in [1.807, 2.05) is 4.90 Å². The molecule has 0 aromatic heterocycles. The summed E-state index contributed by atoms with van der Waals surface area (Å²) in [6.07, 6.45) is 0.383. The maximum absolute atomic E-state index is 13.8. The maximum Gasteiger partial charge on any atom is 0.222 e. The second kappa shape index (κ2) is 8.62. The number of hydrogen-bond donors (Lipinski definition) is 1. The van der Waals surface area contributed by atoms with Crippen molar-refractivity contribution in [2.24, 2.45) is 5.92 Å². The molecule has 1 amide bonds. The van der Waals surface area contributed by atoms with Crippen LogP contribution in [0.1, 0.15) is 20.3 Å². The molecule has 1 fully saturated rings. The number of rotatable bonds is 7. The molecule has 0 radical (unpaired) electrons. The van der Waals surface area contributed by atoms with Crippen LogP contribution in [0.15, 0.2) is 24.3 Å². The summed E-state index contributed by atoms with van der Waals surface area (Å²) in [7, 11) is -3.36. The first-order valence-corrected chi connectivity index (χ1v) is 10.2. The van der Waals surface area contributed by atoms with Crippen molar-refractivity contribution < 1.29 is 17.6 Å². The quantitative estimate of drug-likeness (QED) is 0.737. The first-order chi connectivity index (χ1) is 11.8. The smallest absolute Gasteiger partial charge is 0.222 e. The number of anilines is 1. The van der Waals surface area contributed by atoms with Crippen molar-refractivity contribution in [1.82, 2.24) is 9.62 Å². The van der Waals surface area contributed by atoms with Gasteiger partial charge in [-0.05, 0) is 18.6 Å². The Hall–Kier alpha value is -1.67. The molecule has 25 heavy (non-hydrogen) atoms. The van der Waals surface area contributed by atoms with Crippen molar-refractivity contribution in [3.05, 3.63) is 30.1 Å². The molecule has 6 nitrogen and oxygen atoms in total. The molecule has 0 aliphatic carbocycles. The summed E-state index contributed by atoms with van der Waals surface area (Å²) >= 11 is 0. The van der Waals surface area contributed by atoms with E-state index in [1.165, 1.54) is 10.4 Å². The molecule has 0 saturated carbocycles. The Bertz CT molecular complexity index is 686. The zero-order valence-electron chi connectivity index (χ0n) is 14.7. The topological polar surface area (TPSA) is 69.7 Å². The molecule has 1 N–H and O–H groups in total. The average molecular weight is 371 g/mol. The first kappa shape index (κ1) is 19.7. The van der Waals surface area contributed by atoms with Gasteiger partial charge in [0, 0.05) is 38.6 Å². The van der Waals surface area contributed by atoms with Gasteiger partial charge in [0.05, 0.1) is 11.4 Å². The molecular formula is C17H26FN3O3S. The van der Waals surface area contributed by atoms with Crippen molar-refractivity contribution in [2.45, 2.75) is 20.3 Å². The Morgan fingerprint density at radius 1 is 1.20 bits per heavy atom. The van der Waals surface area contributed by atoms with E-state index >= 15 is 0 Å². The second-order valence-corrected chi connectivity index (χ2v) is 8.54. The highest BCUT2D eigenvalue weighted by Crippen LogP contribution is 2.21. The lowest BCUT2D eigenvalue weighted by Crippen LogP contribution is -2.49. The molecule has 1 aromatic carbocycles. The number of nitrogens with one attached hydrogen (secondary N) is 1. The van der Waals surface area contributed by atoms with Gasteiger partial charge in [-0.2, -0.15) is 4.31 Å². The van der Waals surface area contributed by atoms with Crippen LogP contribution in [0, 0.1) is 11.7 Å². The summed E-state index contributed by atoms with van der Waals surface area (Å²) in [6, 6.07) is 6.52. The molecule has 1 aliphatic rings. The molecule has 8 heteroatoms. The molecule has 0 bridgehead atoms. The molecule has 1 aliphatic heterocycles. The van der Waals surface area contributed by atoms with Crippen molar-refractivity contribution in [2.75, 3.05) is 43.4 Å². The van der Waals surface area contributed by atoms with Gasteiger partial charge >= 0.3 is 0 Å². The molecule has 1 saturated heterocycles. The van der Waals surface area contributed by atoms with Crippen LogP contribution in [-0.2, 0) is 14.8 Å². The molecule has 1 heterocycles. The van der Waals surface area contributed by atoms with Gasteiger partial charge < -0.3 is 10.2 Å². The molecular weight excluding hydrogens is 345 g/mol. The maximum atomic E-state index is 13.8. The van der Waals surface area contributed by atoms with Crippen molar-refractivity contribution in [3.63, 3.8) is 0 Å². The third-order valence-corrected chi connectivity index (χ3v) is 6.18. The summed E-state index contributed by atoms with van der Waals surface area (Å²) in [5.74, 6) is -0.468. The largest absolute Gasteiger partial charge is 0.367 e. The number of nitrogens with zero attached hydrogens (tertiary/aromatic N) is 2. The molecule has 0 unspecified atom stereocenters. The van der Waals surface area contributed by atoms with Gasteiger partial charge in [0.25, 0.3) is 0 Å². The van der Waals surface area contributed by atoms with E-state index in [2.05, 4.69) is 5.32 Å². The SMILES string of the molecule is CC(C)C(=O)NCCCS(=O)(=O)N1CCN(c2ccccc2F)CC1. The number of halogens is 1. The van der Waals surface area contributed by atoms with E-state index < -0.39 is 10.0 Å². The molecule has 0 spiro atoms. The lowest BCUT2D eigenvalue weighted by molar-refractivity contribution is -0.123. The third-order valence-electron chi connectivity index (χ3n) is 4.23. The lowest BCUT2D eigenvalue weighted by Gasteiger charge is -2.35. The summed E-state index contributed by atoms with van der Waals surface area (Å²) in [5, 5.41) is 2.72. The van der Waals surface area contributed by atoms with Gasteiger partial charge in [0.15, 0.2) is 0 Å². The van der Waals surface area contributed by atoms with Gasteiger partial charge in [-0.1, -0.05) is 26.0 Å². The van der Waals surface area contributed by atoms with Gasteiger partial charge in [0.1, 0.15) is 5.82 Å². The first-order valence-electron chi connectivity index (χ1n) is 8.56. The van der Waals surface area contributed by atoms with E-state index in [0.717, 1.165) is 0 Å². The molecule has 140 valence electrons. The van der Waals surface area contributed by atoms with Crippen molar-refractivity contribution in [3.8, 4) is 0 Å². The number of carbonyl (C=O) groups excluding carboxylic acids is 1. The predicted molar refractivity (Wildman–Crippen MR) is 96.4 cm³/mol. The summed E-state index contributed by atoms with van der Waals surface area (Å²) in [5.41, 5.74) is 0.510. The average Bonchev–Trinajstić information content (AvgIpc) is 2.59. The number of para-hydroxylation sites is 1. The monoisotopic (exact) mass is 371 g/mol. The van der Waals surface area contributed by atoms with Crippen molar-refractivity contribution >= 4 is 21.6 Å². The minimum Gasteiger partial charge on any atom is -0.367 e. The predicted octanol–water partition coefficient (Wildman–Crippen LogP) is 1.44. The van der Waals surface area contributed by atoms with Gasteiger partial charge in [-0.15, -0.1) is 0 Å². The third kappa shape index (κ3) is 5.40. The molecule has 2 rings (SSSR count). The minimum absolute atomic E-state index is 0.00503. The van der Waals surface area contributed by atoms with E-state index in [1.54, 1.807) is 32.0 Å². The number of benzene rings is 1. The van der Waals surface area contributed by atoms with Crippen LogP contribution in [0.5, 0.6) is 0 Å². The van der Waals surface area contributed by atoms with Gasteiger partial charge in [-0.25, -0.2) is 12.8 Å². The van der Waals surface area contributed by atoms with E-state index in [0.29, 0.717) is 44.8 Å². The Morgan fingerprint density at radius 2 is 1.84 bits per heavy atom. The van der Waals surface area contributed by atoms with Gasteiger partial charge in [-0.3, -0.25) is 4.79 Å². The Balaban J connectivity index is 1.81. The summed E-state index contributed by atoms with van der Waals surface area (Å²) in [6.45, 7) is 5.55. The van der Waals surface area contributed by atoms with E-state index in [9.17, 15) is 17.6 Å². The lowest BCUT2D eigenvalue weighted by atomic mass is 10.2. The number of sulfonamides is 1. The van der Waals surface area contributed by atoms with Crippen LogP contribution in [0.4, 0.5) is 10.1 Å². The van der Waals surface area contributed by atoms with E-state index in [4.69, 9.17) is 0 Å². The highest BCUT2D eigenvalue weighted by Gasteiger charge is 2.27. The van der Waals surface area contributed by atoms with Crippen molar-refractivity contribution in [1.29, 1.82) is 0 Å². The number of hydrogen-bond acceptors (Lipinski definition) is 4. The second-order valence-electron chi connectivity index (χ2n) is 6.45. The number of piperazine rings is 1. The van der Waals surface area contributed by atoms with Crippen LogP contribution in [0.25, 0.3) is 0 Å². The number of amides is 1. The summed E-state index contributed by atoms with van der Waals surface area (Å²) in [4.78, 5) is 13.3. The van der Waals surface area contributed by atoms with Crippen LogP contribution >= 0.6 is 0 Å². The fourth-order valence-corrected chi connectivity index (χ4v) is 4.20. The van der Waals surface area contributed by atoms with Crippen LogP contribution < -0.4 is 10.2 Å². The normalized spacial score (nSPS) is 16.2. The standard InChI is InChI=1S/C17H26FN3O3S/c1-14(2)17(22)19-8-5-13-25(23,24)21-11-9-20(10-12-21)16-7-4-3-6-15(16)18/h3-4,6-7,14H,5,8-13H2,1-2H3,(H,19,22). The minimum atomic E-state index is -3.36. The highest BCUT2D eigenvalue weighted by molar-refractivity contribution is 7.89. The Kier molecular flexibility index (Phi) is 6.78. The van der Waals surface area contributed by atoms with E-state index in [-0.39, 0.29) is 23.4 Å². The highest BCUT2D eigenvalue weighted by atomic mass is 32.2. The Labute approximate surface area is 149 Å². The van der Waals surface area contributed by atoms with Gasteiger partial charge in [0.2, 0.25) is 15.9 Å². The van der Waals surface area contributed by atoms with Crippen LogP contribution in [0.3, 0.4) is 0 Å². The Morgan fingerprint density at radius 3 is 2.44 bits per heavy atom. The zero-order chi connectivity index (χ0) is 18.4. The zero-order valence-corrected chi connectivity index (χ0v) is 15.6. The fourth-order valence-electron chi connectivity index (χ4n) is 2.71. The molecule has 1 aromatic rings. The molecule has 0 atom stereocenters.